The van der Waals surface area contributed by atoms with Crippen LogP contribution in [-0.2, 0) is 0 Å². The fourth-order valence-corrected chi connectivity index (χ4v) is 6.51. The summed E-state index contributed by atoms with van der Waals surface area (Å²) in [7, 11) is -1.46. The molecule has 0 amide bonds. The minimum Gasteiger partial charge on any atom is -0.423 e. The molecule has 49 heavy (non-hydrogen) atoms. The monoisotopic (exact) mass is 694 g/mol. The Kier molecular flexibility index (Phi) is 12.5. The van der Waals surface area contributed by atoms with Crippen molar-refractivity contribution in [1.29, 1.82) is 0 Å². The van der Waals surface area contributed by atoms with Crippen molar-refractivity contribution in [1.82, 2.24) is 0 Å². The Bertz CT molecular complexity index is 2330. The van der Waals surface area contributed by atoms with Gasteiger partial charge in [0.15, 0.2) is 0 Å². The predicted molar refractivity (Wildman–Crippen MR) is 212 cm³/mol. The first-order chi connectivity index (χ1) is 23.5. The standard InChI is InChI=1S/C20H15BO2.C20H13Br.C4H9.Li/c22-21(23)16-8-5-7-14(12-16)20-13-15-6-1-2-9-17(15)18-10-3-4-11-19(18)20;21-16-8-5-7-14(12-16)20-13-15-6-1-2-9-17(15)18-10-3-4-11-19(18)20;1-3-4-2;/h1-13,22-23H;1-13H;1,3-4H2,2H3;/q;;-1;+1. The second-order valence-electron chi connectivity index (χ2n) is 11.7. The van der Waals surface area contributed by atoms with Gasteiger partial charge in [-0.3, -0.25) is 0 Å². The third-order valence-corrected chi connectivity index (χ3v) is 9.01. The van der Waals surface area contributed by atoms with Crippen LogP contribution in [0.1, 0.15) is 19.8 Å². The molecule has 0 fully saturated rings. The van der Waals surface area contributed by atoms with Crippen molar-refractivity contribution in [3.05, 3.63) is 169 Å². The van der Waals surface area contributed by atoms with Crippen LogP contribution in [0.5, 0.6) is 0 Å². The van der Waals surface area contributed by atoms with E-state index in [1.807, 2.05) is 36.4 Å². The molecule has 2 N–H and O–H groups in total. The van der Waals surface area contributed by atoms with Crippen LogP contribution in [0.2, 0.25) is 0 Å². The molecule has 0 spiro atoms. The molecule has 236 valence electrons. The molecule has 0 atom stereocenters. The van der Waals surface area contributed by atoms with Gasteiger partial charge in [0.2, 0.25) is 0 Å². The van der Waals surface area contributed by atoms with E-state index < -0.39 is 7.12 Å². The number of unbranched alkanes of at least 4 members (excludes halogenated alkanes) is 1. The van der Waals surface area contributed by atoms with Crippen LogP contribution in [0, 0.1) is 6.92 Å². The number of halogens is 1. The Morgan fingerprint density at radius 1 is 0.510 bits per heavy atom. The first-order valence-corrected chi connectivity index (χ1v) is 17.1. The SMILES string of the molecule is Brc1cccc(-c2cc3ccccc3c3ccccc23)c1.OB(O)c1cccc(-c2cc3ccccc3c3ccccc23)c1.[CH2-]CCC.[Li+]. The quantitative estimate of drug-likeness (QED) is 0.110. The van der Waals surface area contributed by atoms with Crippen LogP contribution in [0.15, 0.2) is 162 Å². The molecular formula is C44H37BBrLiO2. The minimum absolute atomic E-state index is 0. The molecule has 0 aliphatic rings. The van der Waals surface area contributed by atoms with E-state index in [0.717, 1.165) is 27.4 Å². The molecule has 5 heteroatoms. The maximum atomic E-state index is 9.44. The van der Waals surface area contributed by atoms with Gasteiger partial charge >= 0.3 is 26.0 Å². The van der Waals surface area contributed by atoms with Gasteiger partial charge in [-0.15, -0.1) is 0 Å². The average molecular weight is 695 g/mol. The van der Waals surface area contributed by atoms with E-state index in [1.165, 1.54) is 55.3 Å². The van der Waals surface area contributed by atoms with Gasteiger partial charge in [0.05, 0.1) is 0 Å². The Morgan fingerprint density at radius 2 is 0.918 bits per heavy atom. The third kappa shape index (κ3) is 8.19. The first kappa shape index (κ1) is 36.2. The molecular weight excluding hydrogens is 658 g/mol. The van der Waals surface area contributed by atoms with Gasteiger partial charge in [-0.2, -0.15) is 6.42 Å². The number of rotatable bonds is 4. The number of fused-ring (bicyclic) bond motifs is 6. The number of hydrogen-bond donors (Lipinski definition) is 2. The molecule has 8 aromatic rings. The van der Waals surface area contributed by atoms with Crippen molar-refractivity contribution < 1.29 is 28.9 Å². The Hall–Kier alpha value is -4.14. The Labute approximate surface area is 309 Å². The van der Waals surface area contributed by atoms with Crippen LogP contribution >= 0.6 is 15.9 Å². The maximum absolute atomic E-state index is 9.44. The van der Waals surface area contributed by atoms with Crippen LogP contribution in [-0.4, -0.2) is 17.2 Å². The molecule has 0 aromatic heterocycles. The van der Waals surface area contributed by atoms with Gasteiger partial charge < -0.3 is 17.0 Å². The fraction of sp³-hybridized carbons (Fsp3) is 0.0682. The molecule has 2 nitrogen and oxygen atoms in total. The van der Waals surface area contributed by atoms with Gasteiger partial charge in [-0.05, 0) is 95.1 Å². The van der Waals surface area contributed by atoms with Gasteiger partial charge in [0.1, 0.15) is 0 Å². The van der Waals surface area contributed by atoms with E-state index in [-0.39, 0.29) is 18.9 Å². The minimum atomic E-state index is -1.46. The summed E-state index contributed by atoms with van der Waals surface area (Å²) in [5, 5.41) is 28.8. The summed E-state index contributed by atoms with van der Waals surface area (Å²) in [6.07, 6.45) is 2.28. The molecule has 8 aromatic carbocycles. The smallest absolute Gasteiger partial charge is 0.423 e. The second-order valence-corrected chi connectivity index (χ2v) is 12.7. The zero-order valence-corrected chi connectivity index (χ0v) is 29.6. The molecule has 0 bridgehead atoms. The molecule has 0 aliphatic carbocycles. The molecule has 0 saturated heterocycles. The number of hydrogen-bond acceptors (Lipinski definition) is 2. The van der Waals surface area contributed by atoms with Gasteiger partial charge in [-0.25, -0.2) is 0 Å². The van der Waals surface area contributed by atoms with Gasteiger partial charge in [0.25, 0.3) is 0 Å². The van der Waals surface area contributed by atoms with E-state index in [9.17, 15) is 10.0 Å². The molecule has 0 radical (unpaired) electrons. The van der Waals surface area contributed by atoms with E-state index in [4.69, 9.17) is 0 Å². The normalized spacial score (nSPS) is 10.6. The topological polar surface area (TPSA) is 40.5 Å². The van der Waals surface area contributed by atoms with E-state index in [0.29, 0.717) is 5.46 Å². The van der Waals surface area contributed by atoms with Crippen molar-refractivity contribution >= 4 is 71.6 Å². The van der Waals surface area contributed by atoms with Gasteiger partial charge in [-0.1, -0.05) is 163 Å². The van der Waals surface area contributed by atoms with Crippen molar-refractivity contribution in [3.8, 4) is 22.3 Å². The zero-order chi connectivity index (χ0) is 33.5. The van der Waals surface area contributed by atoms with Crippen LogP contribution in [0.25, 0.3) is 65.3 Å². The first-order valence-electron chi connectivity index (χ1n) is 16.3. The van der Waals surface area contributed by atoms with Crippen LogP contribution in [0.4, 0.5) is 0 Å². The summed E-state index contributed by atoms with van der Waals surface area (Å²) < 4.78 is 1.11. The van der Waals surface area contributed by atoms with Crippen LogP contribution < -0.4 is 24.3 Å². The fourth-order valence-electron chi connectivity index (χ4n) is 6.11. The molecule has 0 heterocycles. The Morgan fingerprint density at radius 3 is 1.37 bits per heavy atom. The van der Waals surface area contributed by atoms with E-state index in [1.54, 1.807) is 6.07 Å². The summed E-state index contributed by atoms with van der Waals surface area (Å²) in [6.45, 7) is 5.72. The third-order valence-electron chi connectivity index (χ3n) is 8.52. The van der Waals surface area contributed by atoms with E-state index in [2.05, 4.69) is 145 Å². The molecule has 8 rings (SSSR count). The van der Waals surface area contributed by atoms with E-state index >= 15 is 0 Å². The summed E-state index contributed by atoms with van der Waals surface area (Å²) in [5.41, 5.74) is 5.11. The molecule has 0 saturated carbocycles. The van der Waals surface area contributed by atoms with Crippen molar-refractivity contribution in [2.45, 2.75) is 19.8 Å². The second kappa shape index (κ2) is 17.0. The van der Waals surface area contributed by atoms with Crippen molar-refractivity contribution in [2.24, 2.45) is 0 Å². The summed E-state index contributed by atoms with van der Waals surface area (Å²) in [5.74, 6) is 0. The Balaban J connectivity index is 0.000000170. The summed E-state index contributed by atoms with van der Waals surface area (Å²) >= 11 is 3.57. The molecule has 0 unspecified atom stereocenters. The largest absolute Gasteiger partial charge is 1.00 e. The zero-order valence-electron chi connectivity index (χ0n) is 28.0. The summed E-state index contributed by atoms with van der Waals surface area (Å²) in [4.78, 5) is 0. The molecule has 0 aliphatic heterocycles. The summed E-state index contributed by atoms with van der Waals surface area (Å²) in [6, 6.07) is 54.2. The average Bonchev–Trinajstić information content (AvgIpc) is 3.14. The van der Waals surface area contributed by atoms with Crippen molar-refractivity contribution in [3.63, 3.8) is 0 Å². The number of benzene rings is 8. The maximum Gasteiger partial charge on any atom is 1.00 e. The predicted octanol–water partition coefficient (Wildman–Crippen LogP) is 8.39. The van der Waals surface area contributed by atoms with Crippen molar-refractivity contribution in [2.75, 3.05) is 0 Å². The van der Waals surface area contributed by atoms with Crippen LogP contribution in [0.3, 0.4) is 0 Å². The van der Waals surface area contributed by atoms with Gasteiger partial charge in [0, 0.05) is 4.47 Å².